The number of nitrogens with zero attached hydrogens (tertiary/aromatic N) is 4. The van der Waals surface area contributed by atoms with E-state index in [1.165, 1.54) is 11.9 Å². The molecule has 0 aliphatic carbocycles. The molecule has 2 heterocycles. The number of hydrogen-bond acceptors (Lipinski definition) is 5. The van der Waals surface area contributed by atoms with Gasteiger partial charge in [-0.2, -0.15) is 5.10 Å². The fraction of sp³-hybridized carbons (Fsp3) is 0.467. The van der Waals surface area contributed by atoms with Crippen LogP contribution in [0.4, 0.5) is 0 Å². The third-order valence-corrected chi connectivity index (χ3v) is 3.75. The summed E-state index contributed by atoms with van der Waals surface area (Å²) in [5.74, 6) is 0. The zero-order valence-corrected chi connectivity index (χ0v) is 12.0. The molecule has 6 heteroatoms. The second kappa shape index (κ2) is 6.34. The molecule has 6 nitrogen and oxygen atoms in total. The lowest BCUT2D eigenvalue weighted by molar-refractivity contribution is -0.00267. The van der Waals surface area contributed by atoms with Gasteiger partial charge in [0.15, 0.2) is 0 Å². The maximum absolute atomic E-state index is 10.9. The molecule has 1 aromatic carbocycles. The van der Waals surface area contributed by atoms with Crippen LogP contribution < -0.4 is 5.32 Å². The van der Waals surface area contributed by atoms with E-state index in [2.05, 4.69) is 32.4 Å². The number of benzene rings is 1. The summed E-state index contributed by atoms with van der Waals surface area (Å²) in [5.41, 5.74) is 0.432. The van der Waals surface area contributed by atoms with Crippen molar-refractivity contribution in [3.8, 4) is 0 Å². The van der Waals surface area contributed by atoms with Crippen LogP contribution in [-0.2, 0) is 13.1 Å². The van der Waals surface area contributed by atoms with E-state index in [1.54, 1.807) is 11.0 Å². The first-order valence-corrected chi connectivity index (χ1v) is 7.25. The fourth-order valence-corrected chi connectivity index (χ4v) is 2.81. The molecule has 0 unspecified atom stereocenters. The van der Waals surface area contributed by atoms with Crippen LogP contribution in [0.1, 0.15) is 5.56 Å². The van der Waals surface area contributed by atoms with Gasteiger partial charge in [-0.15, -0.1) is 0 Å². The molecule has 0 spiro atoms. The van der Waals surface area contributed by atoms with Gasteiger partial charge in [-0.1, -0.05) is 30.3 Å². The van der Waals surface area contributed by atoms with Crippen molar-refractivity contribution in [3.05, 3.63) is 48.5 Å². The van der Waals surface area contributed by atoms with E-state index in [0.29, 0.717) is 19.6 Å². The normalized spacial score (nSPS) is 23.9. The second-order valence-corrected chi connectivity index (χ2v) is 5.69. The molecule has 1 aliphatic heterocycles. The van der Waals surface area contributed by atoms with Crippen LogP contribution in [0.5, 0.6) is 0 Å². The van der Waals surface area contributed by atoms with Crippen LogP contribution >= 0.6 is 0 Å². The first-order chi connectivity index (χ1) is 10.2. The van der Waals surface area contributed by atoms with Crippen LogP contribution in [0.2, 0.25) is 0 Å². The van der Waals surface area contributed by atoms with Gasteiger partial charge in [-0.3, -0.25) is 4.90 Å². The molecule has 112 valence electrons. The molecule has 2 aromatic rings. The van der Waals surface area contributed by atoms with E-state index in [1.807, 2.05) is 18.2 Å². The molecular weight excluding hydrogens is 266 g/mol. The highest BCUT2D eigenvalue weighted by Crippen LogP contribution is 2.14. The molecule has 1 saturated heterocycles. The molecule has 1 aliphatic rings. The molecular formula is C15H21N5O. The zero-order chi connectivity index (χ0) is 14.5. The molecule has 1 atom stereocenters. The van der Waals surface area contributed by atoms with E-state index in [9.17, 15) is 5.11 Å². The minimum absolute atomic E-state index is 0.450. The van der Waals surface area contributed by atoms with Crippen LogP contribution in [0.15, 0.2) is 43.0 Å². The van der Waals surface area contributed by atoms with Crippen molar-refractivity contribution in [2.45, 2.75) is 18.7 Å². The first kappa shape index (κ1) is 14.2. The molecule has 0 bridgehead atoms. The van der Waals surface area contributed by atoms with Crippen molar-refractivity contribution >= 4 is 0 Å². The summed E-state index contributed by atoms with van der Waals surface area (Å²) >= 11 is 0. The fourth-order valence-electron chi connectivity index (χ4n) is 2.81. The van der Waals surface area contributed by atoms with Gasteiger partial charge < -0.3 is 10.4 Å². The zero-order valence-electron chi connectivity index (χ0n) is 12.0. The summed E-state index contributed by atoms with van der Waals surface area (Å²) in [5, 5.41) is 18.3. The molecule has 21 heavy (non-hydrogen) atoms. The number of β-amino-alcohol motifs (C(OH)–C–C–N with tert-alkyl or cyclic N) is 1. The molecule has 0 saturated carbocycles. The highest BCUT2D eigenvalue weighted by Gasteiger charge is 2.32. The molecule has 1 fully saturated rings. The Bertz CT molecular complexity index is 544. The lowest BCUT2D eigenvalue weighted by Gasteiger charge is -2.31. The lowest BCUT2D eigenvalue weighted by atomic mass is 10.0. The second-order valence-electron chi connectivity index (χ2n) is 5.69. The third kappa shape index (κ3) is 3.87. The largest absolute Gasteiger partial charge is 0.385 e. The summed E-state index contributed by atoms with van der Waals surface area (Å²) in [7, 11) is 0. The summed E-state index contributed by atoms with van der Waals surface area (Å²) in [6, 6.07) is 10.4. The highest BCUT2D eigenvalue weighted by molar-refractivity contribution is 5.14. The van der Waals surface area contributed by atoms with E-state index in [-0.39, 0.29) is 0 Å². The number of aromatic nitrogens is 3. The van der Waals surface area contributed by atoms with Gasteiger partial charge in [0.05, 0.1) is 6.54 Å². The van der Waals surface area contributed by atoms with E-state index >= 15 is 0 Å². The predicted octanol–water partition coefficient (Wildman–Crippen LogP) is 0.115. The lowest BCUT2D eigenvalue weighted by Crippen LogP contribution is -2.49. The van der Waals surface area contributed by atoms with Crippen LogP contribution in [0, 0.1) is 0 Å². The van der Waals surface area contributed by atoms with Crippen molar-refractivity contribution in [2.75, 3.05) is 26.2 Å². The summed E-state index contributed by atoms with van der Waals surface area (Å²) in [6.07, 6.45) is 3.14. The van der Waals surface area contributed by atoms with Gasteiger partial charge in [-0.25, -0.2) is 9.67 Å². The Labute approximate surface area is 124 Å². The van der Waals surface area contributed by atoms with E-state index in [0.717, 1.165) is 19.6 Å². The Balaban J connectivity index is 1.68. The van der Waals surface area contributed by atoms with E-state index in [4.69, 9.17) is 0 Å². The molecule has 0 amide bonds. The maximum Gasteiger partial charge on any atom is 0.137 e. The summed E-state index contributed by atoms with van der Waals surface area (Å²) in [4.78, 5) is 6.22. The Hall–Kier alpha value is -1.76. The minimum atomic E-state index is -0.834. The SMILES string of the molecule is O[C@]1(Cn2cncn2)CNCCN(Cc2ccccc2)C1. The Kier molecular flexibility index (Phi) is 4.28. The van der Waals surface area contributed by atoms with Crippen LogP contribution in [-0.4, -0.2) is 56.6 Å². The monoisotopic (exact) mass is 287 g/mol. The quantitative estimate of drug-likeness (QED) is 0.836. The van der Waals surface area contributed by atoms with Crippen molar-refractivity contribution in [3.63, 3.8) is 0 Å². The molecule has 2 N–H and O–H groups in total. The minimum Gasteiger partial charge on any atom is -0.385 e. The van der Waals surface area contributed by atoms with Gasteiger partial charge in [-0.05, 0) is 5.56 Å². The topological polar surface area (TPSA) is 66.2 Å². The van der Waals surface area contributed by atoms with Gasteiger partial charge >= 0.3 is 0 Å². The number of nitrogens with one attached hydrogen (secondary N) is 1. The van der Waals surface area contributed by atoms with Gasteiger partial charge in [0.1, 0.15) is 18.3 Å². The molecule has 3 rings (SSSR count). The average Bonchev–Trinajstić information content (AvgIpc) is 2.90. The van der Waals surface area contributed by atoms with Crippen LogP contribution in [0.3, 0.4) is 0 Å². The molecule has 1 aromatic heterocycles. The Morgan fingerprint density at radius 3 is 2.90 bits per heavy atom. The third-order valence-electron chi connectivity index (χ3n) is 3.75. The average molecular weight is 287 g/mol. The van der Waals surface area contributed by atoms with E-state index < -0.39 is 5.60 Å². The number of rotatable bonds is 4. The summed E-state index contributed by atoms with van der Waals surface area (Å²) in [6.45, 7) is 4.29. The number of aliphatic hydroxyl groups is 1. The van der Waals surface area contributed by atoms with Gasteiger partial charge in [0, 0.05) is 32.7 Å². The standard InChI is InChI=1S/C15H21N5O/c21-15(11-20-13-17-12-18-20)9-16-6-7-19(10-15)8-14-4-2-1-3-5-14/h1-5,12-13,16,21H,6-11H2/t15-/m1/s1. The number of hydrogen-bond donors (Lipinski definition) is 2. The van der Waals surface area contributed by atoms with Crippen molar-refractivity contribution in [1.29, 1.82) is 0 Å². The molecule has 0 radical (unpaired) electrons. The Morgan fingerprint density at radius 2 is 2.14 bits per heavy atom. The first-order valence-electron chi connectivity index (χ1n) is 7.25. The smallest absolute Gasteiger partial charge is 0.137 e. The summed E-state index contributed by atoms with van der Waals surface area (Å²) < 4.78 is 1.69. The van der Waals surface area contributed by atoms with Gasteiger partial charge in [0.25, 0.3) is 0 Å². The van der Waals surface area contributed by atoms with Crippen molar-refractivity contribution < 1.29 is 5.11 Å². The highest BCUT2D eigenvalue weighted by atomic mass is 16.3. The Morgan fingerprint density at radius 1 is 1.29 bits per heavy atom. The van der Waals surface area contributed by atoms with Gasteiger partial charge in [0.2, 0.25) is 0 Å². The maximum atomic E-state index is 10.9. The van der Waals surface area contributed by atoms with Crippen molar-refractivity contribution in [2.24, 2.45) is 0 Å². The predicted molar refractivity (Wildman–Crippen MR) is 79.6 cm³/mol. The van der Waals surface area contributed by atoms with Crippen molar-refractivity contribution in [1.82, 2.24) is 25.0 Å². The van der Waals surface area contributed by atoms with Crippen LogP contribution in [0.25, 0.3) is 0 Å².